The third-order valence-corrected chi connectivity index (χ3v) is 3.34. The number of hydrogen-bond acceptors (Lipinski definition) is 6. The highest BCUT2D eigenvalue weighted by Gasteiger charge is 2.12. The van der Waals surface area contributed by atoms with Gasteiger partial charge < -0.3 is 20.9 Å². The Morgan fingerprint density at radius 3 is 2.30 bits per heavy atom. The first-order valence-electron chi connectivity index (χ1n) is 6.95. The van der Waals surface area contributed by atoms with Crippen molar-refractivity contribution in [2.24, 2.45) is 10.9 Å². The second kappa shape index (κ2) is 8.23. The Morgan fingerprint density at radius 1 is 1.13 bits per heavy atom. The second-order valence-corrected chi connectivity index (χ2v) is 4.90. The van der Waals surface area contributed by atoms with E-state index < -0.39 is 12.1 Å². The van der Waals surface area contributed by atoms with Gasteiger partial charge in [-0.3, -0.25) is 0 Å². The van der Waals surface area contributed by atoms with Crippen LogP contribution in [0.4, 0.5) is 4.39 Å². The SMILES string of the molecule is NC(/C=N/O)c1ccc(C(COc2ccc(F)cc2)NO)cc1. The van der Waals surface area contributed by atoms with Crippen molar-refractivity contribution >= 4 is 6.21 Å². The Kier molecular flexibility index (Phi) is 6.04. The molecule has 2 unspecified atom stereocenters. The van der Waals surface area contributed by atoms with Gasteiger partial charge in [-0.2, -0.15) is 5.48 Å². The van der Waals surface area contributed by atoms with Crippen LogP contribution in [0.5, 0.6) is 5.75 Å². The lowest BCUT2D eigenvalue weighted by molar-refractivity contribution is 0.0971. The molecule has 2 aromatic carbocycles. The van der Waals surface area contributed by atoms with E-state index in [0.717, 1.165) is 11.1 Å². The van der Waals surface area contributed by atoms with Gasteiger partial charge in [0.2, 0.25) is 0 Å². The Balaban J connectivity index is 2.01. The van der Waals surface area contributed by atoms with Crippen molar-refractivity contribution in [2.45, 2.75) is 12.1 Å². The molecular formula is C16H18FN3O3. The summed E-state index contributed by atoms with van der Waals surface area (Å²) in [6, 6.07) is 11.8. The van der Waals surface area contributed by atoms with Crippen LogP contribution < -0.4 is 16.0 Å². The van der Waals surface area contributed by atoms with Crippen LogP contribution in [0.15, 0.2) is 53.7 Å². The Hall–Kier alpha value is -2.48. The van der Waals surface area contributed by atoms with Crippen LogP contribution in [0.25, 0.3) is 0 Å². The van der Waals surface area contributed by atoms with Crippen LogP contribution in [0.1, 0.15) is 23.2 Å². The zero-order valence-electron chi connectivity index (χ0n) is 12.3. The molecule has 7 heteroatoms. The summed E-state index contributed by atoms with van der Waals surface area (Å²) in [7, 11) is 0. The lowest BCUT2D eigenvalue weighted by Gasteiger charge is -2.17. The van der Waals surface area contributed by atoms with Gasteiger partial charge in [-0.05, 0) is 35.4 Å². The van der Waals surface area contributed by atoms with Gasteiger partial charge in [-0.1, -0.05) is 24.3 Å². The maximum Gasteiger partial charge on any atom is 0.123 e. The molecule has 0 spiro atoms. The molecule has 0 aliphatic rings. The van der Waals surface area contributed by atoms with E-state index in [1.165, 1.54) is 30.5 Å². The maximum absolute atomic E-state index is 12.8. The first-order valence-corrected chi connectivity index (χ1v) is 6.95. The summed E-state index contributed by atoms with van der Waals surface area (Å²) in [5.74, 6) is 0.164. The van der Waals surface area contributed by atoms with Crippen molar-refractivity contribution in [3.05, 3.63) is 65.5 Å². The fourth-order valence-electron chi connectivity index (χ4n) is 2.03. The molecule has 0 bridgehead atoms. The molecule has 0 fully saturated rings. The third-order valence-electron chi connectivity index (χ3n) is 3.34. The molecule has 0 amide bonds. The van der Waals surface area contributed by atoms with E-state index in [2.05, 4.69) is 10.6 Å². The number of nitrogens with one attached hydrogen (secondary N) is 1. The lowest BCUT2D eigenvalue weighted by atomic mass is 10.0. The molecule has 0 aliphatic heterocycles. The largest absolute Gasteiger partial charge is 0.492 e. The molecule has 23 heavy (non-hydrogen) atoms. The number of nitrogens with zero attached hydrogens (tertiary/aromatic N) is 1. The first kappa shape index (κ1) is 16.9. The topological polar surface area (TPSA) is 100 Å². The molecule has 0 radical (unpaired) electrons. The van der Waals surface area contributed by atoms with Crippen molar-refractivity contribution in [2.75, 3.05) is 6.61 Å². The summed E-state index contributed by atoms with van der Waals surface area (Å²) in [5, 5.41) is 20.7. The second-order valence-electron chi connectivity index (χ2n) is 4.90. The summed E-state index contributed by atoms with van der Waals surface area (Å²) in [5.41, 5.74) is 9.51. The van der Waals surface area contributed by atoms with E-state index in [1.54, 1.807) is 24.3 Å². The average molecular weight is 319 g/mol. The predicted molar refractivity (Wildman–Crippen MR) is 83.2 cm³/mol. The number of halogens is 1. The van der Waals surface area contributed by atoms with E-state index in [9.17, 15) is 9.60 Å². The van der Waals surface area contributed by atoms with Crippen LogP contribution in [-0.4, -0.2) is 23.2 Å². The fraction of sp³-hybridized carbons (Fsp3) is 0.188. The summed E-state index contributed by atoms with van der Waals surface area (Å²) in [4.78, 5) is 0. The third kappa shape index (κ3) is 4.75. The van der Waals surface area contributed by atoms with Gasteiger partial charge in [-0.15, -0.1) is 5.16 Å². The highest BCUT2D eigenvalue weighted by molar-refractivity contribution is 5.66. The maximum atomic E-state index is 12.8. The van der Waals surface area contributed by atoms with E-state index >= 15 is 0 Å². The van der Waals surface area contributed by atoms with Gasteiger partial charge in [0, 0.05) is 0 Å². The Labute approximate surface area is 133 Å². The Morgan fingerprint density at radius 2 is 1.74 bits per heavy atom. The molecule has 5 N–H and O–H groups in total. The predicted octanol–water partition coefficient (Wildman–Crippen LogP) is 2.38. The van der Waals surface area contributed by atoms with Gasteiger partial charge in [0.15, 0.2) is 0 Å². The van der Waals surface area contributed by atoms with Crippen molar-refractivity contribution < 1.29 is 19.5 Å². The Bertz CT molecular complexity index is 632. The van der Waals surface area contributed by atoms with Crippen molar-refractivity contribution in [1.29, 1.82) is 0 Å². The lowest BCUT2D eigenvalue weighted by Crippen LogP contribution is -2.24. The van der Waals surface area contributed by atoms with Crippen molar-refractivity contribution in [1.82, 2.24) is 5.48 Å². The molecular weight excluding hydrogens is 301 g/mol. The summed E-state index contributed by atoms with van der Waals surface area (Å²) in [6.07, 6.45) is 1.22. The highest BCUT2D eigenvalue weighted by atomic mass is 19.1. The normalized spacial score (nSPS) is 13.9. The van der Waals surface area contributed by atoms with Crippen LogP contribution >= 0.6 is 0 Å². The smallest absolute Gasteiger partial charge is 0.123 e. The number of oxime groups is 1. The highest BCUT2D eigenvalue weighted by Crippen LogP contribution is 2.18. The minimum absolute atomic E-state index is 0.158. The molecule has 0 aliphatic carbocycles. The summed E-state index contributed by atoms with van der Waals surface area (Å²) < 4.78 is 18.3. The molecule has 0 saturated carbocycles. The zero-order valence-corrected chi connectivity index (χ0v) is 12.3. The number of hydrogen-bond donors (Lipinski definition) is 4. The van der Waals surface area contributed by atoms with Gasteiger partial charge in [0.05, 0.1) is 18.3 Å². The van der Waals surface area contributed by atoms with E-state index in [4.69, 9.17) is 15.7 Å². The van der Waals surface area contributed by atoms with Crippen LogP contribution in [0.3, 0.4) is 0 Å². The first-order chi connectivity index (χ1) is 11.1. The average Bonchev–Trinajstić information content (AvgIpc) is 2.58. The molecule has 0 saturated heterocycles. The minimum atomic E-state index is -0.509. The van der Waals surface area contributed by atoms with Gasteiger partial charge in [0.1, 0.15) is 18.2 Å². The van der Waals surface area contributed by atoms with Crippen LogP contribution in [0.2, 0.25) is 0 Å². The number of ether oxygens (including phenoxy) is 1. The number of benzene rings is 2. The van der Waals surface area contributed by atoms with Gasteiger partial charge >= 0.3 is 0 Å². The molecule has 6 nitrogen and oxygen atoms in total. The van der Waals surface area contributed by atoms with E-state index in [1.807, 2.05) is 0 Å². The molecule has 2 atom stereocenters. The van der Waals surface area contributed by atoms with Gasteiger partial charge in [-0.25, -0.2) is 4.39 Å². The number of hydroxylamine groups is 1. The molecule has 122 valence electrons. The van der Waals surface area contributed by atoms with Crippen molar-refractivity contribution in [3.63, 3.8) is 0 Å². The van der Waals surface area contributed by atoms with Crippen molar-refractivity contribution in [3.8, 4) is 5.75 Å². The minimum Gasteiger partial charge on any atom is -0.492 e. The molecule has 2 rings (SSSR count). The van der Waals surface area contributed by atoms with E-state index in [-0.39, 0.29) is 12.4 Å². The van der Waals surface area contributed by atoms with Crippen LogP contribution in [-0.2, 0) is 0 Å². The zero-order chi connectivity index (χ0) is 16.7. The van der Waals surface area contributed by atoms with Crippen LogP contribution in [0, 0.1) is 5.82 Å². The number of nitrogens with two attached hydrogens (primary N) is 1. The summed E-state index contributed by atoms with van der Waals surface area (Å²) in [6.45, 7) is 0.158. The monoisotopic (exact) mass is 319 g/mol. The van der Waals surface area contributed by atoms with Gasteiger partial charge in [0.25, 0.3) is 0 Å². The quantitative estimate of drug-likeness (QED) is 0.357. The summed E-state index contributed by atoms with van der Waals surface area (Å²) >= 11 is 0. The molecule has 0 aromatic heterocycles. The fourth-order valence-corrected chi connectivity index (χ4v) is 2.03. The molecule has 2 aromatic rings. The standard InChI is InChI=1S/C16H18FN3O3/c17-13-5-7-14(8-6-13)23-10-16(20-22)12-3-1-11(2-4-12)15(18)9-19-21/h1-9,15-16,20-22H,10,18H2/b19-9+. The molecule has 0 heterocycles. The van der Waals surface area contributed by atoms with E-state index in [0.29, 0.717) is 5.75 Å². The number of rotatable bonds is 7.